The number of rotatable bonds is 7. The van der Waals surface area contributed by atoms with Crippen molar-refractivity contribution in [3.63, 3.8) is 0 Å². The summed E-state index contributed by atoms with van der Waals surface area (Å²) in [6.45, 7) is 1.66. The second-order valence-corrected chi connectivity index (χ2v) is 7.61. The minimum absolute atomic E-state index is 0.0107. The molecule has 0 aliphatic heterocycles. The number of hydrogen-bond acceptors (Lipinski definition) is 4. The molecule has 0 spiro atoms. The number of benzene rings is 1. The Morgan fingerprint density at radius 1 is 1.23 bits per heavy atom. The van der Waals surface area contributed by atoms with Gasteiger partial charge in [-0.2, -0.15) is 0 Å². The summed E-state index contributed by atoms with van der Waals surface area (Å²) >= 11 is 0. The van der Waals surface area contributed by atoms with Gasteiger partial charge in [-0.05, 0) is 25.5 Å². The molecule has 2 N–H and O–H groups in total. The molecule has 0 saturated carbocycles. The fraction of sp³-hybridized carbons (Fsp3) is 0.375. The molecule has 26 heavy (non-hydrogen) atoms. The predicted molar refractivity (Wildman–Crippen MR) is 92.6 cm³/mol. The number of anilines is 1. The minimum Gasteiger partial charge on any atom is -0.348 e. The van der Waals surface area contributed by atoms with E-state index in [4.69, 9.17) is 6.42 Å². The SMILES string of the molecule is C#Cc1cc(F)c(NC(=O)C(=O)NCCCN(C)S(=O)(=O)CC)c(F)c1. The lowest BCUT2D eigenvalue weighted by molar-refractivity contribution is -0.136. The Labute approximate surface area is 150 Å². The zero-order valence-electron chi connectivity index (χ0n) is 14.3. The summed E-state index contributed by atoms with van der Waals surface area (Å²) < 4.78 is 51.7. The highest BCUT2D eigenvalue weighted by molar-refractivity contribution is 7.89. The lowest BCUT2D eigenvalue weighted by atomic mass is 10.2. The van der Waals surface area contributed by atoms with Crippen LogP contribution in [0.4, 0.5) is 14.5 Å². The molecule has 0 aliphatic carbocycles. The monoisotopic (exact) mass is 387 g/mol. The van der Waals surface area contributed by atoms with Gasteiger partial charge in [-0.1, -0.05) is 5.92 Å². The quantitative estimate of drug-likeness (QED) is 0.408. The van der Waals surface area contributed by atoms with Gasteiger partial charge in [0.1, 0.15) is 5.69 Å². The number of hydrogen-bond donors (Lipinski definition) is 2. The van der Waals surface area contributed by atoms with Gasteiger partial charge in [0.05, 0.1) is 5.75 Å². The summed E-state index contributed by atoms with van der Waals surface area (Å²) in [7, 11) is -1.93. The average Bonchev–Trinajstić information content (AvgIpc) is 2.60. The van der Waals surface area contributed by atoms with Crippen molar-refractivity contribution in [2.24, 2.45) is 0 Å². The Hall–Kier alpha value is -2.51. The smallest absolute Gasteiger partial charge is 0.313 e. The van der Waals surface area contributed by atoms with Gasteiger partial charge in [0.15, 0.2) is 11.6 Å². The van der Waals surface area contributed by atoms with Crippen molar-refractivity contribution in [3.8, 4) is 12.3 Å². The van der Waals surface area contributed by atoms with Crippen LogP contribution in [-0.2, 0) is 19.6 Å². The van der Waals surface area contributed by atoms with E-state index < -0.39 is 39.2 Å². The molecular weight excluding hydrogens is 368 g/mol. The van der Waals surface area contributed by atoms with Crippen LogP contribution in [0.15, 0.2) is 12.1 Å². The third-order valence-corrected chi connectivity index (χ3v) is 5.29. The maximum Gasteiger partial charge on any atom is 0.313 e. The van der Waals surface area contributed by atoms with Crippen molar-refractivity contribution in [3.05, 3.63) is 29.3 Å². The number of halogens is 2. The van der Waals surface area contributed by atoms with E-state index in [9.17, 15) is 26.8 Å². The summed E-state index contributed by atoms with van der Waals surface area (Å²) in [4.78, 5) is 23.4. The van der Waals surface area contributed by atoms with Crippen molar-refractivity contribution >= 4 is 27.5 Å². The summed E-state index contributed by atoms with van der Waals surface area (Å²) in [5.74, 6) is -2.57. The number of amides is 2. The van der Waals surface area contributed by atoms with E-state index in [1.54, 1.807) is 0 Å². The number of nitrogens with one attached hydrogen (secondary N) is 2. The molecule has 1 rings (SSSR count). The fourth-order valence-electron chi connectivity index (χ4n) is 1.89. The molecule has 0 radical (unpaired) electrons. The average molecular weight is 387 g/mol. The van der Waals surface area contributed by atoms with E-state index in [0.717, 1.165) is 16.4 Å². The Bertz CT molecular complexity index is 811. The molecule has 10 heteroatoms. The predicted octanol–water partition coefficient (Wildman–Crippen LogP) is 0.672. The summed E-state index contributed by atoms with van der Waals surface area (Å²) in [6.07, 6.45) is 5.29. The van der Waals surface area contributed by atoms with E-state index in [0.29, 0.717) is 0 Å². The van der Waals surface area contributed by atoms with Crippen LogP contribution >= 0.6 is 0 Å². The Kier molecular flexibility index (Phi) is 7.67. The first-order valence-corrected chi connectivity index (χ1v) is 9.22. The molecule has 7 nitrogen and oxygen atoms in total. The molecule has 0 bridgehead atoms. The molecular formula is C16H19F2N3O4S. The molecule has 0 fully saturated rings. The first-order valence-electron chi connectivity index (χ1n) is 7.61. The van der Waals surface area contributed by atoms with E-state index in [1.807, 2.05) is 5.32 Å². The van der Waals surface area contributed by atoms with Crippen molar-refractivity contribution in [2.75, 3.05) is 31.2 Å². The van der Waals surface area contributed by atoms with E-state index in [-0.39, 0.29) is 30.8 Å². The summed E-state index contributed by atoms with van der Waals surface area (Å²) in [5.41, 5.74) is -0.827. The molecule has 1 aromatic rings. The van der Waals surface area contributed by atoms with Gasteiger partial charge < -0.3 is 10.6 Å². The second kappa shape index (κ2) is 9.26. The number of carbonyl (C=O) groups is 2. The zero-order valence-corrected chi connectivity index (χ0v) is 15.1. The number of carbonyl (C=O) groups excluding carboxylic acids is 2. The largest absolute Gasteiger partial charge is 0.348 e. The molecule has 0 atom stereocenters. The molecule has 2 amide bonds. The van der Waals surface area contributed by atoms with Crippen LogP contribution in [0.1, 0.15) is 18.9 Å². The van der Waals surface area contributed by atoms with Gasteiger partial charge in [0.25, 0.3) is 0 Å². The highest BCUT2D eigenvalue weighted by atomic mass is 32.2. The van der Waals surface area contributed by atoms with E-state index >= 15 is 0 Å². The maximum absolute atomic E-state index is 13.7. The molecule has 0 heterocycles. The van der Waals surface area contributed by atoms with Crippen LogP contribution < -0.4 is 10.6 Å². The Balaban J connectivity index is 2.55. The standard InChI is InChI=1S/C16H19F2N3O4S/c1-4-11-9-12(17)14(13(18)10-11)20-16(23)15(22)19-7-6-8-21(3)26(24,25)5-2/h1,9-10H,5-8H2,2-3H3,(H,19,22)(H,20,23). The third kappa shape index (κ3) is 5.79. The van der Waals surface area contributed by atoms with Crippen LogP contribution in [0.5, 0.6) is 0 Å². The van der Waals surface area contributed by atoms with E-state index in [1.165, 1.54) is 14.0 Å². The van der Waals surface area contributed by atoms with Crippen LogP contribution in [-0.4, -0.2) is 50.4 Å². The molecule has 142 valence electrons. The van der Waals surface area contributed by atoms with Crippen molar-refractivity contribution in [2.45, 2.75) is 13.3 Å². The van der Waals surface area contributed by atoms with Gasteiger partial charge >= 0.3 is 11.8 Å². The van der Waals surface area contributed by atoms with Gasteiger partial charge in [-0.3, -0.25) is 9.59 Å². The number of nitrogens with zero attached hydrogens (tertiary/aromatic N) is 1. The molecule has 0 aromatic heterocycles. The van der Waals surface area contributed by atoms with Crippen molar-refractivity contribution < 1.29 is 26.8 Å². The van der Waals surface area contributed by atoms with Crippen molar-refractivity contribution in [1.82, 2.24) is 9.62 Å². The fourth-order valence-corrected chi connectivity index (χ4v) is 2.74. The zero-order chi connectivity index (χ0) is 19.9. The lowest BCUT2D eigenvalue weighted by Gasteiger charge is -2.15. The Morgan fingerprint density at radius 3 is 2.31 bits per heavy atom. The highest BCUT2D eigenvalue weighted by Gasteiger charge is 2.19. The lowest BCUT2D eigenvalue weighted by Crippen LogP contribution is -2.38. The molecule has 0 saturated heterocycles. The first-order chi connectivity index (χ1) is 12.1. The second-order valence-electron chi connectivity index (χ2n) is 5.24. The minimum atomic E-state index is -3.33. The van der Waals surface area contributed by atoms with Gasteiger partial charge in [-0.15, -0.1) is 6.42 Å². The summed E-state index contributed by atoms with van der Waals surface area (Å²) in [5, 5.41) is 4.08. The third-order valence-electron chi connectivity index (χ3n) is 3.43. The van der Waals surface area contributed by atoms with Gasteiger partial charge in [0.2, 0.25) is 10.0 Å². The molecule has 1 aromatic carbocycles. The van der Waals surface area contributed by atoms with E-state index in [2.05, 4.69) is 11.2 Å². The maximum atomic E-state index is 13.7. The number of terminal acetylenes is 1. The number of sulfonamides is 1. The normalized spacial score (nSPS) is 11.1. The van der Waals surface area contributed by atoms with Crippen LogP contribution in [0.3, 0.4) is 0 Å². The Morgan fingerprint density at radius 2 is 1.81 bits per heavy atom. The van der Waals surface area contributed by atoms with Crippen LogP contribution in [0.2, 0.25) is 0 Å². The summed E-state index contributed by atoms with van der Waals surface area (Å²) in [6, 6.07) is 1.70. The molecule has 0 aliphatic rings. The van der Waals surface area contributed by atoms with Gasteiger partial charge in [-0.25, -0.2) is 21.5 Å². The highest BCUT2D eigenvalue weighted by Crippen LogP contribution is 2.20. The van der Waals surface area contributed by atoms with Crippen molar-refractivity contribution in [1.29, 1.82) is 0 Å². The van der Waals surface area contributed by atoms with Crippen LogP contribution in [0, 0.1) is 24.0 Å². The van der Waals surface area contributed by atoms with Crippen LogP contribution in [0.25, 0.3) is 0 Å². The van der Waals surface area contributed by atoms with Gasteiger partial charge in [0, 0.05) is 25.7 Å². The molecule has 0 unspecified atom stereocenters. The first kappa shape index (κ1) is 21.5. The topological polar surface area (TPSA) is 95.6 Å².